The number of carbonyl (C=O) groups excluding carboxylic acids is 1. The first-order valence-electron chi connectivity index (χ1n) is 6.46. The molecule has 18 heavy (non-hydrogen) atoms. The van der Waals surface area contributed by atoms with E-state index in [4.69, 9.17) is 4.74 Å². The molecule has 0 spiro atoms. The van der Waals surface area contributed by atoms with E-state index in [-0.39, 0.29) is 18.5 Å². The van der Waals surface area contributed by atoms with E-state index in [0.717, 1.165) is 25.7 Å². The maximum atomic E-state index is 11.9. The summed E-state index contributed by atoms with van der Waals surface area (Å²) in [6, 6.07) is 0.938. The minimum Gasteiger partial charge on any atom is -0.444 e. The van der Waals surface area contributed by atoms with E-state index in [1.165, 1.54) is 0 Å². The predicted octanol–water partition coefficient (Wildman–Crippen LogP) is 2.81. The van der Waals surface area contributed by atoms with Crippen LogP contribution in [0.5, 0.6) is 0 Å². The zero-order chi connectivity index (χ0) is 13.1. The van der Waals surface area contributed by atoms with Crippen molar-refractivity contribution >= 4 is 18.5 Å². The molecule has 1 aliphatic rings. The number of rotatable bonds is 2. The van der Waals surface area contributed by atoms with Gasteiger partial charge in [0.2, 0.25) is 0 Å². The summed E-state index contributed by atoms with van der Waals surface area (Å²) in [6.07, 6.45) is 4.18. The van der Waals surface area contributed by atoms with Gasteiger partial charge in [-0.05, 0) is 53.5 Å². The monoisotopic (exact) mass is 278 g/mol. The highest BCUT2D eigenvalue weighted by atomic mass is 35.5. The van der Waals surface area contributed by atoms with Crippen LogP contribution in [0.15, 0.2) is 0 Å². The largest absolute Gasteiger partial charge is 0.444 e. The Hall–Kier alpha value is -0.480. The number of halogens is 1. The van der Waals surface area contributed by atoms with E-state index in [2.05, 4.69) is 5.32 Å². The van der Waals surface area contributed by atoms with Crippen molar-refractivity contribution in [3.05, 3.63) is 0 Å². The van der Waals surface area contributed by atoms with E-state index in [0.29, 0.717) is 12.1 Å². The Morgan fingerprint density at radius 3 is 2.11 bits per heavy atom. The molecular formula is C13H27ClN2O2. The molecule has 1 aliphatic carbocycles. The Bertz CT molecular complexity index is 258. The number of amides is 1. The number of ether oxygens (including phenoxy) is 1. The molecule has 1 amide bonds. The summed E-state index contributed by atoms with van der Waals surface area (Å²) in [5.41, 5.74) is -0.409. The molecule has 0 radical (unpaired) electrons. The molecule has 0 aromatic carbocycles. The van der Waals surface area contributed by atoms with Crippen LogP contribution in [0, 0.1) is 0 Å². The van der Waals surface area contributed by atoms with Crippen molar-refractivity contribution in [3.63, 3.8) is 0 Å². The van der Waals surface area contributed by atoms with Crippen molar-refractivity contribution in [2.24, 2.45) is 0 Å². The zero-order valence-electron chi connectivity index (χ0n) is 12.2. The molecule has 108 valence electrons. The van der Waals surface area contributed by atoms with E-state index in [1.54, 1.807) is 4.90 Å². The zero-order valence-corrected chi connectivity index (χ0v) is 13.0. The lowest BCUT2D eigenvalue weighted by Crippen LogP contribution is -2.44. The Labute approximate surface area is 117 Å². The molecule has 4 nitrogen and oxygen atoms in total. The van der Waals surface area contributed by atoms with Gasteiger partial charge in [-0.25, -0.2) is 4.79 Å². The first-order chi connectivity index (χ1) is 7.83. The molecule has 0 heterocycles. The van der Waals surface area contributed by atoms with Gasteiger partial charge < -0.3 is 15.0 Å². The number of nitrogens with one attached hydrogen (secondary N) is 1. The lowest BCUT2D eigenvalue weighted by molar-refractivity contribution is 0.0180. The molecule has 0 aromatic rings. The fourth-order valence-corrected chi connectivity index (χ4v) is 2.23. The van der Waals surface area contributed by atoms with Crippen molar-refractivity contribution in [2.75, 3.05) is 14.1 Å². The Kier molecular flexibility index (Phi) is 7.00. The summed E-state index contributed by atoms with van der Waals surface area (Å²) in [5, 5.41) is 3.30. The second-order valence-electron chi connectivity index (χ2n) is 5.89. The van der Waals surface area contributed by atoms with Crippen LogP contribution in [0.2, 0.25) is 0 Å². The minimum atomic E-state index is -0.409. The molecule has 0 atom stereocenters. The van der Waals surface area contributed by atoms with Gasteiger partial charge in [-0.1, -0.05) is 0 Å². The Morgan fingerprint density at radius 2 is 1.72 bits per heavy atom. The second kappa shape index (κ2) is 7.19. The Morgan fingerprint density at radius 1 is 1.22 bits per heavy atom. The maximum absolute atomic E-state index is 11.9. The SMILES string of the molecule is CN[C@H]1CC[C@H](N(C)C(=O)OC(C)(C)C)CC1.Cl. The fraction of sp³-hybridized carbons (Fsp3) is 0.923. The van der Waals surface area contributed by atoms with E-state index >= 15 is 0 Å². The van der Waals surface area contributed by atoms with Crippen LogP contribution in [0.1, 0.15) is 46.5 Å². The van der Waals surface area contributed by atoms with Gasteiger partial charge in [0.1, 0.15) is 5.60 Å². The van der Waals surface area contributed by atoms with Crippen LogP contribution < -0.4 is 5.32 Å². The van der Waals surface area contributed by atoms with Crippen molar-refractivity contribution in [3.8, 4) is 0 Å². The van der Waals surface area contributed by atoms with Crippen molar-refractivity contribution in [2.45, 2.75) is 64.1 Å². The molecular weight excluding hydrogens is 252 g/mol. The molecule has 1 N–H and O–H groups in total. The fourth-order valence-electron chi connectivity index (χ4n) is 2.23. The van der Waals surface area contributed by atoms with Gasteiger partial charge in [0.15, 0.2) is 0 Å². The number of hydrogen-bond donors (Lipinski definition) is 1. The average molecular weight is 279 g/mol. The van der Waals surface area contributed by atoms with Crippen LogP contribution in [0.25, 0.3) is 0 Å². The van der Waals surface area contributed by atoms with Crippen molar-refractivity contribution in [1.82, 2.24) is 10.2 Å². The molecule has 0 saturated heterocycles. The van der Waals surface area contributed by atoms with Crippen molar-refractivity contribution in [1.29, 1.82) is 0 Å². The van der Waals surface area contributed by atoms with E-state index in [9.17, 15) is 4.79 Å². The third kappa shape index (κ3) is 5.44. The Balaban J connectivity index is 0.00000289. The third-order valence-corrected chi connectivity index (χ3v) is 3.33. The van der Waals surface area contributed by atoms with Gasteiger partial charge in [-0.3, -0.25) is 0 Å². The summed E-state index contributed by atoms with van der Waals surface area (Å²) in [7, 11) is 3.85. The number of hydrogen-bond acceptors (Lipinski definition) is 3. The lowest BCUT2D eigenvalue weighted by Gasteiger charge is -2.35. The number of carbonyl (C=O) groups is 1. The molecule has 5 heteroatoms. The van der Waals surface area contributed by atoms with Crippen LogP contribution >= 0.6 is 12.4 Å². The predicted molar refractivity (Wildman–Crippen MR) is 76.3 cm³/mol. The molecule has 0 unspecified atom stereocenters. The van der Waals surface area contributed by atoms with Gasteiger partial charge in [-0.2, -0.15) is 0 Å². The first kappa shape index (κ1) is 17.5. The summed E-state index contributed by atoms with van der Waals surface area (Å²) >= 11 is 0. The molecule has 0 aromatic heterocycles. The summed E-state index contributed by atoms with van der Waals surface area (Å²) in [4.78, 5) is 13.7. The minimum absolute atomic E-state index is 0. The van der Waals surface area contributed by atoms with Crippen LogP contribution in [0.3, 0.4) is 0 Å². The lowest BCUT2D eigenvalue weighted by atomic mass is 9.90. The highest BCUT2D eigenvalue weighted by Gasteiger charge is 2.28. The van der Waals surface area contributed by atoms with Gasteiger partial charge in [0.25, 0.3) is 0 Å². The first-order valence-corrected chi connectivity index (χ1v) is 6.46. The quantitative estimate of drug-likeness (QED) is 0.844. The average Bonchev–Trinajstić information content (AvgIpc) is 2.26. The van der Waals surface area contributed by atoms with Crippen LogP contribution in [-0.4, -0.2) is 42.8 Å². The summed E-state index contributed by atoms with van der Waals surface area (Å²) < 4.78 is 5.38. The highest BCUT2D eigenvalue weighted by molar-refractivity contribution is 5.85. The van der Waals surface area contributed by atoms with Gasteiger partial charge >= 0.3 is 6.09 Å². The van der Waals surface area contributed by atoms with Gasteiger partial charge in [-0.15, -0.1) is 12.4 Å². The molecule has 0 aliphatic heterocycles. The number of nitrogens with zero attached hydrogens (tertiary/aromatic N) is 1. The normalized spacial score (nSPS) is 24.1. The molecule has 1 fully saturated rings. The maximum Gasteiger partial charge on any atom is 0.410 e. The smallest absolute Gasteiger partial charge is 0.410 e. The van der Waals surface area contributed by atoms with Gasteiger partial charge in [0, 0.05) is 19.1 Å². The second-order valence-corrected chi connectivity index (χ2v) is 5.89. The molecule has 0 bridgehead atoms. The van der Waals surface area contributed by atoms with Crippen molar-refractivity contribution < 1.29 is 9.53 Å². The highest BCUT2D eigenvalue weighted by Crippen LogP contribution is 2.23. The molecule has 1 saturated carbocycles. The summed E-state index contributed by atoms with van der Waals surface area (Å²) in [6.45, 7) is 5.70. The third-order valence-electron chi connectivity index (χ3n) is 3.33. The standard InChI is InChI=1S/C13H26N2O2.ClH/c1-13(2,3)17-12(16)15(5)11-8-6-10(14-4)7-9-11;/h10-11,14H,6-9H2,1-5H3;1H/t10-,11-;. The van der Waals surface area contributed by atoms with Crippen LogP contribution in [-0.2, 0) is 4.74 Å². The van der Waals surface area contributed by atoms with E-state index in [1.807, 2.05) is 34.9 Å². The topological polar surface area (TPSA) is 41.6 Å². The summed E-state index contributed by atoms with van der Waals surface area (Å²) in [5.74, 6) is 0. The molecule has 1 rings (SSSR count). The van der Waals surface area contributed by atoms with Gasteiger partial charge in [0.05, 0.1) is 0 Å². The van der Waals surface area contributed by atoms with Crippen LogP contribution in [0.4, 0.5) is 4.79 Å². The van der Waals surface area contributed by atoms with E-state index < -0.39 is 5.60 Å².